The first-order chi connectivity index (χ1) is 9.66. The van der Waals surface area contributed by atoms with Gasteiger partial charge in [0.05, 0.1) is 11.6 Å². The van der Waals surface area contributed by atoms with Crippen molar-refractivity contribution < 1.29 is 4.79 Å². The lowest BCUT2D eigenvalue weighted by atomic mass is 10.1. The zero-order valence-corrected chi connectivity index (χ0v) is 12.8. The molecule has 4 heteroatoms. The maximum absolute atomic E-state index is 12.5. The zero-order valence-electron chi connectivity index (χ0n) is 11.2. The van der Waals surface area contributed by atoms with Crippen LogP contribution in [-0.4, -0.2) is 22.8 Å². The van der Waals surface area contributed by atoms with Crippen molar-refractivity contribution >= 4 is 21.8 Å². The van der Waals surface area contributed by atoms with E-state index in [1.54, 1.807) is 18.3 Å². The van der Waals surface area contributed by atoms with Gasteiger partial charge in [0.25, 0.3) is 5.91 Å². The van der Waals surface area contributed by atoms with E-state index in [1.165, 1.54) is 11.1 Å². The Labute approximate surface area is 126 Å². The number of benzene rings is 1. The van der Waals surface area contributed by atoms with Crippen LogP contribution in [0.2, 0.25) is 0 Å². The number of aryl methyl sites for hydroxylation is 1. The molecule has 20 heavy (non-hydrogen) atoms. The summed E-state index contributed by atoms with van der Waals surface area (Å²) in [5.74, 6) is 0.0201. The highest BCUT2D eigenvalue weighted by Crippen LogP contribution is 2.35. The SMILES string of the molecule is CN(C(=O)c1ccc(Br)nc1)C1CCc2ccccc21. The van der Waals surface area contributed by atoms with E-state index in [0.29, 0.717) is 5.56 Å². The number of rotatable bonds is 2. The first-order valence-electron chi connectivity index (χ1n) is 6.63. The molecule has 1 amide bonds. The summed E-state index contributed by atoms with van der Waals surface area (Å²) in [5, 5.41) is 0. The van der Waals surface area contributed by atoms with Crippen molar-refractivity contribution in [3.63, 3.8) is 0 Å². The molecule has 1 atom stereocenters. The number of aromatic nitrogens is 1. The molecule has 1 aliphatic rings. The maximum Gasteiger partial charge on any atom is 0.255 e. The van der Waals surface area contributed by atoms with Gasteiger partial charge in [-0.15, -0.1) is 0 Å². The van der Waals surface area contributed by atoms with Gasteiger partial charge < -0.3 is 4.90 Å². The highest BCUT2D eigenvalue weighted by atomic mass is 79.9. The average Bonchev–Trinajstić information content (AvgIpc) is 2.90. The summed E-state index contributed by atoms with van der Waals surface area (Å²) in [6, 6.07) is 12.1. The molecule has 0 bridgehead atoms. The Morgan fingerprint density at radius 2 is 2.10 bits per heavy atom. The van der Waals surface area contributed by atoms with Gasteiger partial charge in [0.15, 0.2) is 0 Å². The molecule has 0 radical (unpaired) electrons. The van der Waals surface area contributed by atoms with Gasteiger partial charge in [-0.2, -0.15) is 0 Å². The van der Waals surface area contributed by atoms with Crippen molar-refractivity contribution in [1.29, 1.82) is 0 Å². The fourth-order valence-electron chi connectivity index (χ4n) is 2.78. The van der Waals surface area contributed by atoms with Crippen molar-refractivity contribution in [2.45, 2.75) is 18.9 Å². The smallest absolute Gasteiger partial charge is 0.255 e. The summed E-state index contributed by atoms with van der Waals surface area (Å²) >= 11 is 3.28. The van der Waals surface area contributed by atoms with E-state index < -0.39 is 0 Å². The van der Waals surface area contributed by atoms with Gasteiger partial charge in [-0.05, 0) is 52.0 Å². The molecule has 0 aliphatic heterocycles. The summed E-state index contributed by atoms with van der Waals surface area (Å²) in [5.41, 5.74) is 3.25. The Kier molecular flexibility index (Phi) is 3.57. The fraction of sp³-hybridized carbons (Fsp3) is 0.250. The number of carbonyl (C=O) groups excluding carboxylic acids is 1. The van der Waals surface area contributed by atoms with Gasteiger partial charge in [0.1, 0.15) is 4.60 Å². The van der Waals surface area contributed by atoms with Crippen LogP contribution in [0, 0.1) is 0 Å². The quantitative estimate of drug-likeness (QED) is 0.788. The van der Waals surface area contributed by atoms with Gasteiger partial charge in [-0.1, -0.05) is 24.3 Å². The van der Waals surface area contributed by atoms with E-state index in [0.717, 1.165) is 17.4 Å². The number of hydrogen-bond donors (Lipinski definition) is 0. The number of hydrogen-bond acceptors (Lipinski definition) is 2. The molecule has 102 valence electrons. The first kappa shape index (κ1) is 13.3. The van der Waals surface area contributed by atoms with E-state index >= 15 is 0 Å². The van der Waals surface area contributed by atoms with Gasteiger partial charge in [-0.3, -0.25) is 4.79 Å². The van der Waals surface area contributed by atoms with Crippen molar-refractivity contribution in [3.05, 3.63) is 63.9 Å². The molecule has 1 aromatic carbocycles. The predicted molar refractivity (Wildman–Crippen MR) is 81.5 cm³/mol. The summed E-state index contributed by atoms with van der Waals surface area (Å²) < 4.78 is 0.739. The van der Waals surface area contributed by atoms with Crippen LogP contribution in [0.15, 0.2) is 47.2 Å². The molecule has 3 nitrogen and oxygen atoms in total. The van der Waals surface area contributed by atoms with E-state index in [1.807, 2.05) is 18.0 Å². The Balaban J connectivity index is 1.85. The van der Waals surface area contributed by atoms with Gasteiger partial charge >= 0.3 is 0 Å². The molecular formula is C16H15BrN2O. The number of halogens is 1. The van der Waals surface area contributed by atoms with E-state index in [9.17, 15) is 4.79 Å². The minimum Gasteiger partial charge on any atom is -0.335 e. The second-order valence-corrected chi connectivity index (χ2v) is 5.85. The summed E-state index contributed by atoms with van der Waals surface area (Å²) in [6.45, 7) is 0. The van der Waals surface area contributed by atoms with Crippen LogP contribution in [0.5, 0.6) is 0 Å². The van der Waals surface area contributed by atoms with Crippen LogP contribution in [0.4, 0.5) is 0 Å². The Bertz CT molecular complexity index is 639. The molecular weight excluding hydrogens is 316 g/mol. The van der Waals surface area contributed by atoms with Crippen LogP contribution in [0.25, 0.3) is 0 Å². The van der Waals surface area contributed by atoms with Gasteiger partial charge in [0.2, 0.25) is 0 Å². The lowest BCUT2D eigenvalue weighted by Gasteiger charge is -2.25. The normalized spacial score (nSPS) is 16.8. The minimum absolute atomic E-state index is 0.0201. The number of amides is 1. The van der Waals surface area contributed by atoms with Crippen LogP contribution in [-0.2, 0) is 6.42 Å². The largest absolute Gasteiger partial charge is 0.335 e. The molecule has 0 spiro atoms. The maximum atomic E-state index is 12.5. The number of carbonyl (C=O) groups is 1. The molecule has 0 N–H and O–H groups in total. The molecule has 1 unspecified atom stereocenters. The Hall–Kier alpha value is -1.68. The Morgan fingerprint density at radius 3 is 2.85 bits per heavy atom. The number of fused-ring (bicyclic) bond motifs is 1. The van der Waals surface area contributed by atoms with Crippen molar-refractivity contribution in [2.75, 3.05) is 7.05 Å². The van der Waals surface area contributed by atoms with Crippen LogP contribution >= 0.6 is 15.9 Å². The molecule has 1 heterocycles. The third-order valence-corrected chi connectivity index (χ3v) is 4.33. The molecule has 2 aromatic rings. The summed E-state index contributed by atoms with van der Waals surface area (Å²) in [6.07, 6.45) is 3.65. The second-order valence-electron chi connectivity index (χ2n) is 5.04. The lowest BCUT2D eigenvalue weighted by Crippen LogP contribution is -2.30. The van der Waals surface area contributed by atoms with Crippen molar-refractivity contribution in [1.82, 2.24) is 9.88 Å². The van der Waals surface area contributed by atoms with E-state index in [-0.39, 0.29) is 11.9 Å². The minimum atomic E-state index is 0.0201. The summed E-state index contributed by atoms with van der Waals surface area (Å²) in [4.78, 5) is 18.5. The highest BCUT2D eigenvalue weighted by Gasteiger charge is 2.28. The molecule has 0 saturated carbocycles. The monoisotopic (exact) mass is 330 g/mol. The third kappa shape index (κ3) is 2.36. The fourth-order valence-corrected chi connectivity index (χ4v) is 3.02. The Morgan fingerprint density at radius 1 is 1.30 bits per heavy atom. The first-order valence-corrected chi connectivity index (χ1v) is 7.42. The van der Waals surface area contributed by atoms with E-state index in [2.05, 4.69) is 39.1 Å². The van der Waals surface area contributed by atoms with Crippen LogP contribution < -0.4 is 0 Å². The van der Waals surface area contributed by atoms with Gasteiger partial charge in [0, 0.05) is 13.2 Å². The van der Waals surface area contributed by atoms with Crippen molar-refractivity contribution in [2.24, 2.45) is 0 Å². The lowest BCUT2D eigenvalue weighted by molar-refractivity contribution is 0.0730. The third-order valence-electron chi connectivity index (χ3n) is 3.86. The average molecular weight is 331 g/mol. The zero-order chi connectivity index (χ0) is 14.1. The topological polar surface area (TPSA) is 33.2 Å². The molecule has 1 aliphatic carbocycles. The van der Waals surface area contributed by atoms with Gasteiger partial charge in [-0.25, -0.2) is 4.98 Å². The summed E-state index contributed by atoms with van der Waals surface area (Å²) in [7, 11) is 1.87. The number of nitrogens with zero attached hydrogens (tertiary/aromatic N) is 2. The van der Waals surface area contributed by atoms with Crippen LogP contribution in [0.1, 0.15) is 33.9 Å². The second kappa shape index (κ2) is 5.37. The molecule has 3 rings (SSSR count). The standard InChI is InChI=1S/C16H15BrN2O/c1-19(16(20)12-7-9-15(17)18-10-12)14-8-6-11-4-2-3-5-13(11)14/h2-5,7,9-10,14H,6,8H2,1H3. The van der Waals surface area contributed by atoms with E-state index in [4.69, 9.17) is 0 Å². The van der Waals surface area contributed by atoms with Crippen LogP contribution in [0.3, 0.4) is 0 Å². The molecule has 0 saturated heterocycles. The molecule has 0 fully saturated rings. The highest BCUT2D eigenvalue weighted by molar-refractivity contribution is 9.10. The predicted octanol–water partition coefficient (Wildman–Crippen LogP) is 3.60. The van der Waals surface area contributed by atoms with Crippen molar-refractivity contribution in [3.8, 4) is 0 Å². The number of pyridine rings is 1. The molecule has 1 aromatic heterocycles.